The van der Waals surface area contributed by atoms with Gasteiger partial charge in [-0.05, 0) is 109 Å². The number of carbonyl (C=O) groups is 1. The number of amides is 1. The lowest BCUT2D eigenvalue weighted by Gasteiger charge is -2.49. The summed E-state index contributed by atoms with van der Waals surface area (Å²) in [6, 6.07) is 18.9. The number of methoxy groups -OCH3 is 4. The molecule has 332 valence electrons. The molecule has 7 rings (SSSR count). The number of piperidine rings is 1. The first kappa shape index (κ1) is 44.7. The van der Waals surface area contributed by atoms with Gasteiger partial charge in [-0.1, -0.05) is 43.7 Å². The summed E-state index contributed by atoms with van der Waals surface area (Å²) in [6.07, 6.45) is 6.51. The maximum atomic E-state index is 15.3. The third-order valence-electron chi connectivity index (χ3n) is 13.4. The SMILES string of the molecule is CCO[C@H]1OC(C(=O)N2CCc3cc(OC)c(OC)cc3[C@H]2C[C@H]2C[C@H]3c4cc(OC)c(OC)cc4CCN3C[C@@H]2CC)=C[C@@H](c2ccccc2)[C@H]1CCOCCOCCO. The van der Waals surface area contributed by atoms with Gasteiger partial charge in [0.25, 0.3) is 5.91 Å². The minimum absolute atomic E-state index is 0.0182. The van der Waals surface area contributed by atoms with Gasteiger partial charge in [0.05, 0.1) is 60.9 Å². The van der Waals surface area contributed by atoms with Crippen LogP contribution in [0.5, 0.6) is 23.0 Å². The molecule has 0 saturated carbocycles. The van der Waals surface area contributed by atoms with Gasteiger partial charge in [-0.2, -0.15) is 0 Å². The molecule has 3 aromatic carbocycles. The quantitative estimate of drug-likeness (QED) is 0.123. The smallest absolute Gasteiger partial charge is 0.289 e. The van der Waals surface area contributed by atoms with Crippen LogP contribution in [0.4, 0.5) is 0 Å². The summed E-state index contributed by atoms with van der Waals surface area (Å²) in [7, 11) is 6.74. The fourth-order valence-corrected chi connectivity index (χ4v) is 10.3. The monoisotopic (exact) mass is 842 g/mol. The highest BCUT2D eigenvalue weighted by molar-refractivity contribution is 5.92. The van der Waals surface area contributed by atoms with Gasteiger partial charge in [-0.25, -0.2) is 0 Å². The first-order valence-electron chi connectivity index (χ1n) is 22.2. The molecule has 0 spiro atoms. The van der Waals surface area contributed by atoms with E-state index >= 15 is 4.79 Å². The average Bonchev–Trinajstić information content (AvgIpc) is 3.30. The van der Waals surface area contributed by atoms with E-state index in [2.05, 4.69) is 53.1 Å². The van der Waals surface area contributed by atoms with Crippen LogP contribution in [-0.4, -0.2) is 115 Å². The molecule has 7 atom stereocenters. The van der Waals surface area contributed by atoms with Crippen molar-refractivity contribution in [3.05, 3.63) is 94.2 Å². The number of nitrogens with zero attached hydrogens (tertiary/aromatic N) is 2. The summed E-state index contributed by atoms with van der Waals surface area (Å²) in [5.74, 6) is 3.62. The Balaban J connectivity index is 1.22. The summed E-state index contributed by atoms with van der Waals surface area (Å²) in [5.41, 5.74) is 6.00. The summed E-state index contributed by atoms with van der Waals surface area (Å²) in [5, 5.41) is 9.05. The van der Waals surface area contributed by atoms with Crippen LogP contribution in [0, 0.1) is 17.8 Å². The average molecular weight is 843 g/mol. The molecule has 4 aliphatic rings. The number of benzene rings is 3. The van der Waals surface area contributed by atoms with Crippen molar-refractivity contribution in [1.29, 1.82) is 0 Å². The second kappa shape index (κ2) is 21.2. The molecule has 61 heavy (non-hydrogen) atoms. The number of hydrogen-bond donors (Lipinski definition) is 1. The number of rotatable bonds is 19. The molecule has 12 heteroatoms. The highest BCUT2D eigenvalue weighted by Gasteiger charge is 2.45. The molecule has 0 aromatic heterocycles. The molecule has 3 aromatic rings. The van der Waals surface area contributed by atoms with Crippen molar-refractivity contribution >= 4 is 5.91 Å². The van der Waals surface area contributed by atoms with E-state index < -0.39 is 6.29 Å². The zero-order valence-electron chi connectivity index (χ0n) is 36.9. The van der Waals surface area contributed by atoms with E-state index in [9.17, 15) is 0 Å². The number of aliphatic hydroxyl groups excluding tert-OH is 1. The predicted molar refractivity (Wildman–Crippen MR) is 232 cm³/mol. The molecule has 0 unspecified atom stereocenters. The fourth-order valence-electron chi connectivity index (χ4n) is 10.3. The van der Waals surface area contributed by atoms with Crippen molar-refractivity contribution in [2.24, 2.45) is 17.8 Å². The topological polar surface area (TPSA) is 118 Å². The Kier molecular flexibility index (Phi) is 15.5. The number of allylic oxidation sites excluding steroid dienone is 1. The lowest BCUT2D eigenvalue weighted by atomic mass is 9.72. The Morgan fingerprint density at radius 3 is 2.08 bits per heavy atom. The Hall–Kier alpha value is -4.33. The van der Waals surface area contributed by atoms with Gasteiger partial charge < -0.3 is 47.9 Å². The molecule has 0 radical (unpaired) electrons. The molecular formula is C49H66N2O10. The molecule has 1 saturated heterocycles. The molecule has 4 aliphatic heterocycles. The van der Waals surface area contributed by atoms with Crippen molar-refractivity contribution in [3.63, 3.8) is 0 Å². The van der Waals surface area contributed by atoms with Gasteiger partial charge in [0.2, 0.25) is 6.29 Å². The van der Waals surface area contributed by atoms with Crippen molar-refractivity contribution in [2.75, 3.05) is 87.7 Å². The minimum Gasteiger partial charge on any atom is -0.493 e. The lowest BCUT2D eigenvalue weighted by molar-refractivity contribution is -0.173. The molecule has 0 bridgehead atoms. The van der Waals surface area contributed by atoms with Gasteiger partial charge in [0.1, 0.15) is 0 Å². The fraction of sp³-hybridized carbons (Fsp3) is 0.571. The van der Waals surface area contributed by atoms with E-state index in [-0.39, 0.29) is 43.0 Å². The van der Waals surface area contributed by atoms with Gasteiger partial charge in [-0.15, -0.1) is 0 Å². The molecule has 1 N–H and O–H groups in total. The molecule has 12 nitrogen and oxygen atoms in total. The van der Waals surface area contributed by atoms with Crippen LogP contribution in [0.1, 0.15) is 85.3 Å². The molecular weight excluding hydrogens is 777 g/mol. The van der Waals surface area contributed by atoms with Crippen LogP contribution in [-0.2, 0) is 36.6 Å². The Bertz CT molecular complexity index is 1940. The normalized spacial score (nSPS) is 24.7. The number of hydrogen-bond acceptors (Lipinski definition) is 11. The van der Waals surface area contributed by atoms with E-state index in [4.69, 9.17) is 43.0 Å². The minimum atomic E-state index is -0.649. The van der Waals surface area contributed by atoms with Gasteiger partial charge in [0, 0.05) is 50.7 Å². The summed E-state index contributed by atoms with van der Waals surface area (Å²) in [6.45, 7) is 8.81. The summed E-state index contributed by atoms with van der Waals surface area (Å²) < 4.78 is 47.5. The van der Waals surface area contributed by atoms with Gasteiger partial charge in [0.15, 0.2) is 28.8 Å². The standard InChI is InChI=1S/C49H66N2O10/c1-7-32-31-50-17-14-34-26-43(54-3)45(56-5)29-39(34)41(50)24-36(32)25-42-40-30-46(57-6)44(55-4)27-35(40)15-18-51(42)48(53)47-28-38(33-12-10-9-11-13-33)37(49(61-47)60-8-2)16-20-58-22-23-59-21-19-52/h9-13,26-30,32,36-38,41-42,49,52H,7-8,14-25,31H2,1-6H3/t32-,36+,37+,38-,41-,42+,49-/m0/s1. The van der Waals surface area contributed by atoms with Crippen molar-refractivity contribution < 1.29 is 47.8 Å². The van der Waals surface area contributed by atoms with Crippen LogP contribution in [0.15, 0.2) is 66.4 Å². The third kappa shape index (κ3) is 9.84. The van der Waals surface area contributed by atoms with Crippen LogP contribution in [0.25, 0.3) is 0 Å². The second-order valence-electron chi connectivity index (χ2n) is 16.5. The Labute approximate surface area is 362 Å². The molecule has 1 fully saturated rings. The molecule has 4 heterocycles. The van der Waals surface area contributed by atoms with Gasteiger partial charge in [-0.3, -0.25) is 9.69 Å². The van der Waals surface area contributed by atoms with E-state index in [0.29, 0.717) is 74.9 Å². The second-order valence-corrected chi connectivity index (χ2v) is 16.5. The van der Waals surface area contributed by atoms with Crippen LogP contribution < -0.4 is 18.9 Å². The van der Waals surface area contributed by atoms with Gasteiger partial charge >= 0.3 is 0 Å². The highest BCUT2D eigenvalue weighted by Crippen LogP contribution is 2.50. The van der Waals surface area contributed by atoms with Crippen molar-refractivity contribution in [2.45, 2.75) is 76.7 Å². The van der Waals surface area contributed by atoms with Crippen LogP contribution in [0.3, 0.4) is 0 Å². The largest absolute Gasteiger partial charge is 0.493 e. The van der Waals surface area contributed by atoms with Crippen molar-refractivity contribution in [3.8, 4) is 23.0 Å². The van der Waals surface area contributed by atoms with E-state index in [1.54, 1.807) is 28.4 Å². The van der Waals surface area contributed by atoms with E-state index in [1.807, 2.05) is 31.2 Å². The van der Waals surface area contributed by atoms with E-state index in [1.165, 1.54) is 16.7 Å². The van der Waals surface area contributed by atoms with Crippen LogP contribution in [0.2, 0.25) is 0 Å². The van der Waals surface area contributed by atoms with Crippen molar-refractivity contribution in [1.82, 2.24) is 9.80 Å². The Morgan fingerprint density at radius 1 is 0.787 bits per heavy atom. The number of fused-ring (bicyclic) bond motifs is 4. The first-order valence-corrected chi connectivity index (χ1v) is 22.2. The first-order chi connectivity index (χ1) is 29.8. The number of aliphatic hydroxyl groups is 1. The predicted octanol–water partition coefficient (Wildman–Crippen LogP) is 7.27. The summed E-state index contributed by atoms with van der Waals surface area (Å²) in [4.78, 5) is 20.0. The highest BCUT2D eigenvalue weighted by atomic mass is 16.7. The maximum absolute atomic E-state index is 15.3. The summed E-state index contributed by atoms with van der Waals surface area (Å²) >= 11 is 0. The third-order valence-corrected chi connectivity index (χ3v) is 13.4. The Morgan fingerprint density at radius 2 is 1.43 bits per heavy atom. The molecule has 0 aliphatic carbocycles. The van der Waals surface area contributed by atoms with E-state index in [0.717, 1.165) is 61.4 Å². The van der Waals surface area contributed by atoms with Crippen LogP contribution >= 0.6 is 0 Å². The zero-order valence-corrected chi connectivity index (χ0v) is 36.9. The molecule has 1 amide bonds. The zero-order chi connectivity index (χ0) is 42.9. The number of carbonyl (C=O) groups excluding carboxylic acids is 1. The maximum Gasteiger partial charge on any atom is 0.289 e. The number of ether oxygens (including phenoxy) is 8. The lowest BCUT2D eigenvalue weighted by Crippen LogP contribution is -2.48.